The zero-order valence-corrected chi connectivity index (χ0v) is 15.8. The first-order chi connectivity index (χ1) is 11.4. The molecule has 1 N–H and O–H groups in total. The fraction of sp³-hybridized carbons (Fsp3) is 0.526. The van der Waals surface area contributed by atoms with Gasteiger partial charge in [-0.15, -0.1) is 0 Å². The molecule has 134 valence electrons. The number of likely N-dealkylation sites (N-methyl/N-ethyl adjacent to an activating group) is 1. The van der Waals surface area contributed by atoms with Gasteiger partial charge < -0.3 is 14.8 Å². The first kappa shape index (κ1) is 20.7. The van der Waals surface area contributed by atoms with Gasteiger partial charge in [-0.3, -0.25) is 0 Å². The van der Waals surface area contributed by atoms with Crippen LogP contribution in [0.3, 0.4) is 0 Å². The highest BCUT2D eigenvalue weighted by molar-refractivity contribution is 6.30. The van der Waals surface area contributed by atoms with Crippen molar-refractivity contribution in [2.24, 2.45) is 11.1 Å². The SMILES string of the molecule is CC(C)CCC(/C=C/c1ccc(Cl)cc1)=N\OC[C@H](O)CN(C)C. The van der Waals surface area contributed by atoms with Gasteiger partial charge in [-0.05, 0) is 56.6 Å². The number of aliphatic hydroxyl groups is 1. The van der Waals surface area contributed by atoms with Gasteiger partial charge in [-0.1, -0.05) is 48.8 Å². The van der Waals surface area contributed by atoms with Gasteiger partial charge in [0.2, 0.25) is 0 Å². The van der Waals surface area contributed by atoms with Crippen LogP contribution in [0.15, 0.2) is 35.5 Å². The molecule has 1 rings (SSSR count). The molecule has 5 heteroatoms. The molecule has 0 saturated carbocycles. The quantitative estimate of drug-likeness (QED) is 0.509. The lowest BCUT2D eigenvalue weighted by Gasteiger charge is -2.14. The zero-order valence-electron chi connectivity index (χ0n) is 15.1. The lowest BCUT2D eigenvalue weighted by molar-refractivity contribution is 0.0268. The summed E-state index contributed by atoms with van der Waals surface area (Å²) in [6, 6.07) is 7.64. The number of halogens is 1. The number of nitrogens with zero attached hydrogens (tertiary/aromatic N) is 2. The van der Waals surface area contributed by atoms with Crippen molar-refractivity contribution >= 4 is 23.4 Å². The van der Waals surface area contributed by atoms with Crippen LogP contribution in [-0.4, -0.2) is 49.1 Å². The molecule has 0 aliphatic carbocycles. The Balaban J connectivity index is 2.64. The average molecular weight is 353 g/mol. The predicted molar refractivity (Wildman–Crippen MR) is 103 cm³/mol. The van der Waals surface area contributed by atoms with Gasteiger partial charge in [0.05, 0.1) is 5.71 Å². The van der Waals surface area contributed by atoms with E-state index in [4.69, 9.17) is 16.4 Å². The molecular weight excluding hydrogens is 324 g/mol. The molecule has 4 nitrogen and oxygen atoms in total. The number of hydrogen-bond acceptors (Lipinski definition) is 4. The Hall–Kier alpha value is -1.36. The van der Waals surface area contributed by atoms with Crippen molar-refractivity contribution in [3.05, 3.63) is 40.9 Å². The highest BCUT2D eigenvalue weighted by Crippen LogP contribution is 2.12. The standard InChI is InChI=1S/C19H29ClN2O2/c1-15(2)5-11-18(21-24-14-19(23)13-22(3)4)12-8-16-6-9-17(20)10-7-16/h6-10,12,15,19,23H,5,11,13-14H2,1-4H3/b12-8+,21-18+/t19-/m1/s1. The van der Waals surface area contributed by atoms with Gasteiger partial charge in [0, 0.05) is 11.6 Å². The van der Waals surface area contributed by atoms with Crippen molar-refractivity contribution in [1.29, 1.82) is 0 Å². The van der Waals surface area contributed by atoms with E-state index in [2.05, 4.69) is 19.0 Å². The molecule has 0 unspecified atom stereocenters. The minimum absolute atomic E-state index is 0.193. The molecule has 1 aromatic rings. The summed E-state index contributed by atoms with van der Waals surface area (Å²) in [7, 11) is 3.82. The van der Waals surface area contributed by atoms with Crippen LogP contribution in [-0.2, 0) is 4.84 Å². The predicted octanol–water partition coefficient (Wildman–Crippen LogP) is 4.08. The van der Waals surface area contributed by atoms with Crippen LogP contribution in [0.4, 0.5) is 0 Å². The summed E-state index contributed by atoms with van der Waals surface area (Å²) in [5.41, 5.74) is 1.93. The van der Waals surface area contributed by atoms with Crippen LogP contribution in [0.1, 0.15) is 32.3 Å². The van der Waals surface area contributed by atoms with Crippen LogP contribution in [0.2, 0.25) is 5.02 Å². The van der Waals surface area contributed by atoms with Crippen molar-refractivity contribution in [3.63, 3.8) is 0 Å². The van der Waals surface area contributed by atoms with Crippen LogP contribution < -0.4 is 0 Å². The van der Waals surface area contributed by atoms with Gasteiger partial charge in [0.25, 0.3) is 0 Å². The molecule has 0 heterocycles. The van der Waals surface area contributed by atoms with Crippen LogP contribution in [0.25, 0.3) is 6.08 Å². The van der Waals surface area contributed by atoms with Crippen molar-refractivity contribution in [3.8, 4) is 0 Å². The molecular formula is C19H29ClN2O2. The topological polar surface area (TPSA) is 45.1 Å². The third-order valence-corrected chi connectivity index (χ3v) is 3.59. The highest BCUT2D eigenvalue weighted by atomic mass is 35.5. The third kappa shape index (κ3) is 9.71. The van der Waals surface area contributed by atoms with E-state index >= 15 is 0 Å². The van der Waals surface area contributed by atoms with E-state index in [0.717, 1.165) is 29.1 Å². The second kappa shape index (κ2) is 11.2. The third-order valence-electron chi connectivity index (χ3n) is 3.34. The Morgan fingerprint density at radius 1 is 1.29 bits per heavy atom. The molecule has 0 aromatic heterocycles. The van der Waals surface area contributed by atoms with E-state index in [1.807, 2.05) is 55.4 Å². The van der Waals surface area contributed by atoms with Crippen LogP contribution in [0.5, 0.6) is 0 Å². The smallest absolute Gasteiger partial charge is 0.144 e. The average Bonchev–Trinajstić information content (AvgIpc) is 2.50. The molecule has 1 aromatic carbocycles. The molecule has 0 fully saturated rings. The fourth-order valence-electron chi connectivity index (χ4n) is 2.04. The monoisotopic (exact) mass is 352 g/mol. The van der Waals surface area contributed by atoms with Gasteiger partial charge in [0.15, 0.2) is 0 Å². The van der Waals surface area contributed by atoms with Gasteiger partial charge in [0.1, 0.15) is 12.7 Å². The Kier molecular flexibility index (Phi) is 9.69. The maximum Gasteiger partial charge on any atom is 0.144 e. The minimum Gasteiger partial charge on any atom is -0.393 e. The van der Waals surface area contributed by atoms with Gasteiger partial charge in [-0.25, -0.2) is 0 Å². The minimum atomic E-state index is -0.546. The van der Waals surface area contributed by atoms with E-state index < -0.39 is 6.10 Å². The van der Waals surface area contributed by atoms with Crippen LogP contribution in [0, 0.1) is 5.92 Å². The second-order valence-electron chi connectivity index (χ2n) is 6.61. The normalized spacial score (nSPS) is 13.9. The number of hydrogen-bond donors (Lipinski definition) is 1. The second-order valence-corrected chi connectivity index (χ2v) is 7.05. The highest BCUT2D eigenvalue weighted by Gasteiger charge is 2.06. The largest absolute Gasteiger partial charge is 0.393 e. The fourth-order valence-corrected chi connectivity index (χ4v) is 2.17. The Morgan fingerprint density at radius 2 is 1.96 bits per heavy atom. The van der Waals surface area contributed by atoms with Gasteiger partial charge >= 0.3 is 0 Å². The summed E-state index contributed by atoms with van der Waals surface area (Å²) >= 11 is 5.90. The molecule has 24 heavy (non-hydrogen) atoms. The molecule has 0 bridgehead atoms. The van der Waals surface area contributed by atoms with E-state index in [9.17, 15) is 5.11 Å². The van der Waals surface area contributed by atoms with Crippen molar-refractivity contribution < 1.29 is 9.94 Å². The summed E-state index contributed by atoms with van der Waals surface area (Å²) in [5, 5.41) is 14.7. The number of benzene rings is 1. The summed E-state index contributed by atoms with van der Waals surface area (Å²) in [6.45, 7) is 5.11. The Morgan fingerprint density at radius 3 is 2.54 bits per heavy atom. The number of rotatable bonds is 10. The number of allylic oxidation sites excluding steroid dienone is 1. The van der Waals surface area contributed by atoms with E-state index in [-0.39, 0.29) is 6.61 Å². The van der Waals surface area contributed by atoms with E-state index in [0.29, 0.717) is 12.5 Å². The van der Waals surface area contributed by atoms with E-state index in [1.54, 1.807) is 0 Å². The molecule has 0 radical (unpaired) electrons. The zero-order chi connectivity index (χ0) is 17.9. The molecule has 0 spiro atoms. The lowest BCUT2D eigenvalue weighted by Crippen LogP contribution is -2.29. The molecule has 0 aliphatic rings. The summed E-state index contributed by atoms with van der Waals surface area (Å²) in [4.78, 5) is 7.25. The first-order valence-corrected chi connectivity index (χ1v) is 8.70. The summed E-state index contributed by atoms with van der Waals surface area (Å²) in [6.07, 6.45) is 5.29. The van der Waals surface area contributed by atoms with E-state index in [1.165, 1.54) is 0 Å². The summed E-state index contributed by atoms with van der Waals surface area (Å²) in [5.74, 6) is 0.596. The van der Waals surface area contributed by atoms with Gasteiger partial charge in [-0.2, -0.15) is 0 Å². The number of aliphatic hydroxyl groups excluding tert-OH is 1. The molecule has 0 aliphatic heterocycles. The molecule has 1 atom stereocenters. The van der Waals surface area contributed by atoms with Crippen molar-refractivity contribution in [2.45, 2.75) is 32.8 Å². The lowest BCUT2D eigenvalue weighted by atomic mass is 10.0. The Labute approximate surface area is 150 Å². The van der Waals surface area contributed by atoms with Crippen molar-refractivity contribution in [1.82, 2.24) is 4.90 Å². The van der Waals surface area contributed by atoms with Crippen molar-refractivity contribution in [2.75, 3.05) is 27.2 Å². The molecule has 0 saturated heterocycles. The first-order valence-electron chi connectivity index (χ1n) is 8.32. The summed E-state index contributed by atoms with van der Waals surface area (Å²) < 4.78 is 0. The maximum absolute atomic E-state index is 9.82. The maximum atomic E-state index is 9.82. The molecule has 0 amide bonds. The van der Waals surface area contributed by atoms with Crippen LogP contribution >= 0.6 is 11.6 Å². The Bertz CT molecular complexity index is 525. The number of oxime groups is 1.